The molecule has 2 amide bonds. The van der Waals surface area contributed by atoms with Gasteiger partial charge < -0.3 is 19.9 Å². The van der Waals surface area contributed by atoms with Crippen molar-refractivity contribution in [1.29, 1.82) is 0 Å². The second-order valence-corrected chi connectivity index (χ2v) is 10.7. The van der Waals surface area contributed by atoms with Crippen LogP contribution in [0.5, 0.6) is 0 Å². The maximum atomic E-state index is 15.3. The van der Waals surface area contributed by atoms with Crippen LogP contribution in [-0.2, 0) is 15.5 Å². The largest absolute Gasteiger partial charge is 0.453 e. The number of benzene rings is 2. The highest BCUT2D eigenvalue weighted by Gasteiger charge is 2.44. The third-order valence-corrected chi connectivity index (χ3v) is 7.61. The van der Waals surface area contributed by atoms with Gasteiger partial charge >= 0.3 is 6.09 Å². The lowest BCUT2D eigenvalue weighted by Gasteiger charge is -2.30. The average Bonchev–Trinajstić information content (AvgIpc) is 3.59. The Bertz CT molecular complexity index is 1370. The topological polar surface area (TPSA) is 87.3 Å². The summed E-state index contributed by atoms with van der Waals surface area (Å²) in [5, 5.41) is 2.63. The molecule has 10 heteroatoms. The van der Waals surface area contributed by atoms with E-state index in [1.54, 1.807) is 35.4 Å². The van der Waals surface area contributed by atoms with Crippen molar-refractivity contribution in [2.24, 2.45) is 5.92 Å². The first kappa shape index (κ1) is 25.4. The van der Waals surface area contributed by atoms with Crippen LogP contribution in [0.25, 0.3) is 22.4 Å². The Morgan fingerprint density at radius 1 is 1.19 bits per heavy atom. The fraction of sp³-hybridized carbons (Fsp3) is 0.370. The zero-order valence-corrected chi connectivity index (χ0v) is 22.2. The lowest BCUT2D eigenvalue weighted by Crippen LogP contribution is -2.51. The Hall–Kier alpha value is -3.27. The smallest absolute Gasteiger partial charge is 0.407 e. The van der Waals surface area contributed by atoms with Gasteiger partial charge in [0.05, 0.1) is 25.0 Å². The van der Waals surface area contributed by atoms with Crippen molar-refractivity contribution in [2.75, 3.05) is 13.7 Å². The zero-order chi connectivity index (χ0) is 26.5. The summed E-state index contributed by atoms with van der Waals surface area (Å²) in [5.41, 5.74) is 2.17. The highest BCUT2D eigenvalue weighted by molar-refractivity contribution is 9.10. The highest BCUT2D eigenvalue weighted by atomic mass is 79.9. The Kier molecular flexibility index (Phi) is 6.55. The number of carbonyl (C=O) groups excluding carboxylic acids is 2. The number of alkyl halides is 2. The average molecular weight is 573 g/mol. The summed E-state index contributed by atoms with van der Waals surface area (Å²) >= 11 is 3.29. The van der Waals surface area contributed by atoms with Gasteiger partial charge in [0.15, 0.2) is 0 Å². The van der Waals surface area contributed by atoms with Crippen LogP contribution in [0.4, 0.5) is 13.6 Å². The molecule has 1 fully saturated rings. The van der Waals surface area contributed by atoms with Gasteiger partial charge in [-0.25, -0.2) is 9.78 Å². The number of halogens is 3. The number of aromatic nitrogens is 2. The quantitative estimate of drug-likeness (QED) is 0.392. The van der Waals surface area contributed by atoms with E-state index in [0.29, 0.717) is 45.6 Å². The van der Waals surface area contributed by atoms with E-state index in [1.807, 2.05) is 13.8 Å². The first-order valence-corrected chi connectivity index (χ1v) is 12.9. The molecule has 3 aromatic rings. The molecule has 1 saturated heterocycles. The molecule has 5 rings (SSSR count). The number of carbonyl (C=O) groups is 2. The maximum Gasteiger partial charge on any atom is 0.407 e. The summed E-state index contributed by atoms with van der Waals surface area (Å²) in [4.78, 5) is 34.6. The molecule has 2 N–H and O–H groups in total. The first-order valence-electron chi connectivity index (χ1n) is 12.1. The summed E-state index contributed by atoms with van der Waals surface area (Å²) in [5.74, 6) is -2.87. The number of hydrogen-bond donors (Lipinski definition) is 2. The SMILES string of the molecule is COC(=O)N[C@H](C(=O)N1CCCC1c1ncc(-c2ccc3c(c2)C(F)(F)c2cc(Br)ccc2-3)[nH]1)C(C)C. The summed E-state index contributed by atoms with van der Waals surface area (Å²) < 4.78 is 35.9. The molecule has 7 nitrogen and oxygen atoms in total. The predicted molar refractivity (Wildman–Crippen MR) is 138 cm³/mol. The standard InChI is InChI=1S/C27H27BrF2N4O3/c1-14(2)23(33-26(36)37-3)25(35)34-10-4-5-22(34)24-31-13-21(32-24)15-6-8-17-18-9-7-16(28)12-20(18)27(29,30)19(17)11-15/h6-9,11-14,22-23H,4-5,10H2,1-3H3,(H,31,32)(H,33,36)/t22?,23-/m0/s1. The number of rotatable bonds is 5. The van der Waals surface area contributed by atoms with Crippen molar-refractivity contribution < 1.29 is 23.1 Å². The van der Waals surface area contributed by atoms with Crippen LogP contribution in [0, 0.1) is 5.92 Å². The fourth-order valence-corrected chi connectivity index (χ4v) is 5.57. The minimum absolute atomic E-state index is 0.0142. The molecule has 1 aliphatic heterocycles. The second kappa shape index (κ2) is 9.55. The van der Waals surface area contributed by atoms with Crippen LogP contribution in [0.3, 0.4) is 0 Å². The molecule has 1 aliphatic carbocycles. The van der Waals surface area contributed by atoms with Gasteiger partial charge in [0.25, 0.3) is 5.92 Å². The third kappa shape index (κ3) is 4.41. The lowest BCUT2D eigenvalue weighted by molar-refractivity contribution is -0.135. The van der Waals surface area contributed by atoms with Crippen molar-refractivity contribution >= 4 is 27.9 Å². The van der Waals surface area contributed by atoms with Crippen LogP contribution in [0.1, 0.15) is 49.7 Å². The van der Waals surface area contributed by atoms with E-state index < -0.39 is 18.1 Å². The molecule has 2 aromatic carbocycles. The molecule has 194 valence electrons. The van der Waals surface area contributed by atoms with E-state index in [1.165, 1.54) is 19.2 Å². The number of methoxy groups -OCH3 is 1. The maximum absolute atomic E-state index is 15.3. The molecule has 1 unspecified atom stereocenters. The van der Waals surface area contributed by atoms with Crippen LogP contribution in [0.15, 0.2) is 47.1 Å². The monoisotopic (exact) mass is 572 g/mol. The summed E-state index contributed by atoms with van der Waals surface area (Å²) in [6.07, 6.45) is 2.44. The normalized spacial score (nSPS) is 18.5. The van der Waals surface area contributed by atoms with E-state index in [2.05, 4.69) is 36.0 Å². The Balaban J connectivity index is 1.41. The van der Waals surface area contributed by atoms with Gasteiger partial charge in [-0.1, -0.05) is 48.0 Å². The first-order chi connectivity index (χ1) is 17.6. The summed E-state index contributed by atoms with van der Waals surface area (Å²) in [6.45, 7) is 4.24. The van der Waals surface area contributed by atoms with E-state index in [0.717, 1.165) is 6.42 Å². The number of H-pyrrole nitrogens is 1. The molecule has 1 aromatic heterocycles. The zero-order valence-electron chi connectivity index (χ0n) is 20.6. The molecule has 0 spiro atoms. The van der Waals surface area contributed by atoms with Gasteiger partial charge in [-0.3, -0.25) is 4.79 Å². The van der Waals surface area contributed by atoms with E-state index in [-0.39, 0.29) is 29.0 Å². The van der Waals surface area contributed by atoms with Crippen LogP contribution in [0.2, 0.25) is 0 Å². The van der Waals surface area contributed by atoms with Crippen molar-refractivity contribution in [3.63, 3.8) is 0 Å². The van der Waals surface area contributed by atoms with Gasteiger partial charge in [0.1, 0.15) is 11.9 Å². The molecule has 2 aliphatic rings. The number of nitrogens with one attached hydrogen (secondary N) is 2. The number of ether oxygens (including phenoxy) is 1. The second-order valence-electron chi connectivity index (χ2n) is 9.75. The number of likely N-dealkylation sites (tertiary alicyclic amines) is 1. The molecule has 0 radical (unpaired) electrons. The van der Waals surface area contributed by atoms with Crippen molar-refractivity contribution in [2.45, 2.75) is 44.7 Å². The Morgan fingerprint density at radius 2 is 1.89 bits per heavy atom. The molecule has 0 saturated carbocycles. The van der Waals surface area contributed by atoms with Crippen molar-refractivity contribution in [3.05, 3.63) is 64.0 Å². The summed E-state index contributed by atoms with van der Waals surface area (Å²) in [7, 11) is 1.26. The number of aromatic amines is 1. The van der Waals surface area contributed by atoms with Crippen molar-refractivity contribution in [1.82, 2.24) is 20.2 Å². The van der Waals surface area contributed by atoms with Crippen molar-refractivity contribution in [3.8, 4) is 22.4 Å². The highest BCUT2D eigenvalue weighted by Crippen LogP contribution is 2.52. The van der Waals surface area contributed by atoms with Gasteiger partial charge in [-0.2, -0.15) is 8.78 Å². The Morgan fingerprint density at radius 3 is 2.59 bits per heavy atom. The van der Waals surface area contributed by atoms with E-state index in [9.17, 15) is 9.59 Å². The number of fused-ring (bicyclic) bond motifs is 3. The molecule has 0 bridgehead atoms. The van der Waals surface area contributed by atoms with E-state index in [4.69, 9.17) is 0 Å². The van der Waals surface area contributed by atoms with Gasteiger partial charge in [0, 0.05) is 27.7 Å². The third-order valence-electron chi connectivity index (χ3n) is 7.12. The van der Waals surface area contributed by atoms with Crippen LogP contribution < -0.4 is 5.32 Å². The van der Waals surface area contributed by atoms with Gasteiger partial charge in [0.2, 0.25) is 5.91 Å². The molecular weight excluding hydrogens is 546 g/mol. The molecule has 2 heterocycles. The number of hydrogen-bond acceptors (Lipinski definition) is 4. The minimum atomic E-state index is -3.11. The number of amides is 2. The molecular formula is C27H27BrF2N4O3. The Labute approximate surface area is 221 Å². The fourth-order valence-electron chi connectivity index (χ4n) is 5.21. The predicted octanol–water partition coefficient (Wildman–Crippen LogP) is 6.00. The number of alkyl carbamates (subject to hydrolysis) is 1. The summed E-state index contributed by atoms with van der Waals surface area (Å²) in [6, 6.07) is 8.92. The molecule has 2 atom stereocenters. The van der Waals surface area contributed by atoms with Crippen LogP contribution >= 0.6 is 15.9 Å². The number of imidazole rings is 1. The minimum Gasteiger partial charge on any atom is -0.453 e. The van der Waals surface area contributed by atoms with Gasteiger partial charge in [-0.15, -0.1) is 0 Å². The number of nitrogens with zero attached hydrogens (tertiary/aromatic N) is 2. The lowest BCUT2D eigenvalue weighted by atomic mass is 10.0. The molecule has 37 heavy (non-hydrogen) atoms. The van der Waals surface area contributed by atoms with Gasteiger partial charge in [-0.05, 0) is 48.1 Å². The van der Waals surface area contributed by atoms with E-state index >= 15 is 8.78 Å². The van der Waals surface area contributed by atoms with Crippen LogP contribution in [-0.4, -0.2) is 46.6 Å².